The Morgan fingerprint density at radius 2 is 1.97 bits per heavy atom. The van der Waals surface area contributed by atoms with Crippen molar-refractivity contribution in [1.82, 2.24) is 30.0 Å². The van der Waals surface area contributed by atoms with E-state index in [-0.39, 0.29) is 52.5 Å². The molecule has 4 aromatic rings. The molecule has 11 nitrogen and oxygen atoms in total. The summed E-state index contributed by atoms with van der Waals surface area (Å²) in [5.74, 6) is -0.475. The molecule has 5 rings (SSSR count). The summed E-state index contributed by atoms with van der Waals surface area (Å²) < 4.78 is 26.0. The molecule has 0 spiro atoms. The Hall–Kier alpha value is -3.74. The number of aromatic amines is 1. The van der Waals surface area contributed by atoms with Gasteiger partial charge in [0.1, 0.15) is 33.9 Å². The highest BCUT2D eigenvalue weighted by molar-refractivity contribution is 6.33. The van der Waals surface area contributed by atoms with Crippen molar-refractivity contribution in [2.45, 2.75) is 0 Å². The van der Waals surface area contributed by atoms with Crippen molar-refractivity contribution >= 4 is 56.7 Å². The summed E-state index contributed by atoms with van der Waals surface area (Å²) in [6.45, 7) is 5.06. The van der Waals surface area contributed by atoms with Crippen LogP contribution in [0.4, 0.5) is 10.2 Å². The van der Waals surface area contributed by atoms with Gasteiger partial charge in [0.15, 0.2) is 5.75 Å². The lowest BCUT2D eigenvalue weighted by Crippen LogP contribution is -2.48. The van der Waals surface area contributed by atoms with Crippen LogP contribution in [0.2, 0.25) is 10.2 Å². The van der Waals surface area contributed by atoms with Crippen LogP contribution in [-0.4, -0.2) is 80.5 Å². The molecule has 0 atom stereocenters. The van der Waals surface area contributed by atoms with Crippen molar-refractivity contribution in [2.75, 3.05) is 44.3 Å². The first-order chi connectivity index (χ1) is 17.9. The van der Waals surface area contributed by atoms with E-state index in [2.05, 4.69) is 31.7 Å². The minimum absolute atomic E-state index is 0.0176. The first kappa shape index (κ1) is 24.9. The number of ether oxygens (including phenoxy) is 2. The van der Waals surface area contributed by atoms with Crippen LogP contribution in [0.1, 0.15) is 0 Å². The van der Waals surface area contributed by atoms with E-state index in [0.29, 0.717) is 48.3 Å². The van der Waals surface area contributed by atoms with Gasteiger partial charge in [0.05, 0.1) is 29.1 Å². The Balaban J connectivity index is 1.62. The van der Waals surface area contributed by atoms with Crippen LogP contribution in [0.15, 0.2) is 31.0 Å². The zero-order valence-corrected chi connectivity index (χ0v) is 20.8. The molecule has 0 aliphatic carbocycles. The Bertz CT molecular complexity index is 1510. The molecule has 1 aliphatic rings. The lowest BCUT2D eigenvalue weighted by atomic mass is 10.2. The third-order valence-corrected chi connectivity index (χ3v) is 6.31. The molecule has 1 saturated heterocycles. The number of anilines is 1. The molecule has 192 valence electrons. The largest absolute Gasteiger partial charge is 0.461 e. The number of hydrogen-bond acceptors (Lipinski definition) is 9. The number of nitrogens with zero attached hydrogens (tertiary/aromatic N) is 6. The molecule has 0 unspecified atom stereocenters. The SMILES string of the molecule is C=CC(=O)N1CCN(c2nc(OCCO)nc3c(Oc4c(Cl)c(F)cc5[nH]ncc45)nc(Cl)cc23)CC1. The number of amides is 1. The number of piperazine rings is 1. The van der Waals surface area contributed by atoms with Gasteiger partial charge in [-0.05, 0) is 12.1 Å². The standard InChI is InChI=1S/C23H20Cl2FN7O4/c1-2-17(35)32-3-5-33(6-4-32)21-12-9-16(24)28-22(19(12)29-23(30-21)36-8-7-34)37-20-13-11-27-31-15(13)10-14(26)18(20)25/h2,9-11,34H,1,3-8H2,(H,27,31). The van der Waals surface area contributed by atoms with Gasteiger partial charge in [-0.25, -0.2) is 4.39 Å². The van der Waals surface area contributed by atoms with Gasteiger partial charge in [-0.3, -0.25) is 9.89 Å². The van der Waals surface area contributed by atoms with E-state index in [9.17, 15) is 14.3 Å². The van der Waals surface area contributed by atoms with Gasteiger partial charge in [0.2, 0.25) is 11.8 Å². The molecular formula is C23H20Cl2FN7O4. The summed E-state index contributed by atoms with van der Waals surface area (Å²) in [5.41, 5.74) is 0.598. The van der Waals surface area contributed by atoms with Crippen molar-refractivity contribution in [2.24, 2.45) is 0 Å². The highest BCUT2D eigenvalue weighted by Crippen LogP contribution is 2.41. The fourth-order valence-electron chi connectivity index (χ4n) is 4.02. The Kier molecular flexibility index (Phi) is 6.96. The fraction of sp³-hybridized carbons (Fsp3) is 0.261. The number of carbonyl (C=O) groups is 1. The highest BCUT2D eigenvalue weighted by atomic mass is 35.5. The Labute approximate surface area is 219 Å². The molecule has 1 aromatic carbocycles. The molecule has 1 fully saturated rings. The fourth-order valence-corrected chi connectivity index (χ4v) is 4.40. The smallest absolute Gasteiger partial charge is 0.319 e. The second-order valence-electron chi connectivity index (χ2n) is 8.00. The van der Waals surface area contributed by atoms with E-state index in [4.69, 9.17) is 32.7 Å². The summed E-state index contributed by atoms with van der Waals surface area (Å²) in [6, 6.07) is 2.75. The van der Waals surface area contributed by atoms with Crippen LogP contribution in [-0.2, 0) is 4.79 Å². The predicted octanol–water partition coefficient (Wildman–Crippen LogP) is 3.35. The zero-order chi connectivity index (χ0) is 26.1. The van der Waals surface area contributed by atoms with Crippen molar-refractivity contribution in [1.29, 1.82) is 0 Å². The van der Waals surface area contributed by atoms with Crippen LogP contribution < -0.4 is 14.4 Å². The lowest BCUT2D eigenvalue weighted by Gasteiger charge is -2.35. The average molecular weight is 548 g/mol. The van der Waals surface area contributed by atoms with Gasteiger partial charge in [0, 0.05) is 32.2 Å². The Morgan fingerprint density at radius 1 is 1.19 bits per heavy atom. The molecule has 14 heteroatoms. The molecule has 0 saturated carbocycles. The molecular weight excluding hydrogens is 528 g/mol. The third kappa shape index (κ3) is 4.82. The lowest BCUT2D eigenvalue weighted by molar-refractivity contribution is -0.126. The number of hydrogen-bond donors (Lipinski definition) is 2. The maximum Gasteiger partial charge on any atom is 0.319 e. The van der Waals surface area contributed by atoms with Crippen LogP contribution in [0, 0.1) is 5.82 Å². The van der Waals surface area contributed by atoms with Gasteiger partial charge in [-0.2, -0.15) is 20.1 Å². The van der Waals surface area contributed by atoms with Crippen molar-refractivity contribution in [3.05, 3.63) is 47.0 Å². The van der Waals surface area contributed by atoms with E-state index in [1.807, 2.05) is 4.90 Å². The van der Waals surface area contributed by atoms with Gasteiger partial charge < -0.3 is 24.4 Å². The maximum absolute atomic E-state index is 14.5. The number of aliphatic hydroxyl groups excluding tert-OH is 1. The monoisotopic (exact) mass is 547 g/mol. The molecule has 0 radical (unpaired) electrons. The first-order valence-corrected chi connectivity index (χ1v) is 11.9. The number of carbonyl (C=O) groups excluding carboxylic acids is 1. The number of H-pyrrole nitrogens is 1. The molecule has 37 heavy (non-hydrogen) atoms. The molecule has 2 N–H and O–H groups in total. The average Bonchev–Trinajstić information content (AvgIpc) is 3.37. The number of benzene rings is 1. The molecule has 0 bridgehead atoms. The van der Waals surface area contributed by atoms with Crippen molar-refractivity contribution in [3.8, 4) is 17.6 Å². The topological polar surface area (TPSA) is 130 Å². The van der Waals surface area contributed by atoms with E-state index in [1.54, 1.807) is 11.0 Å². The minimum atomic E-state index is -0.714. The second-order valence-corrected chi connectivity index (χ2v) is 8.76. The van der Waals surface area contributed by atoms with Crippen molar-refractivity contribution < 1.29 is 23.8 Å². The van der Waals surface area contributed by atoms with Crippen LogP contribution >= 0.6 is 23.2 Å². The van der Waals surface area contributed by atoms with Gasteiger partial charge in [-0.1, -0.05) is 29.8 Å². The highest BCUT2D eigenvalue weighted by Gasteiger charge is 2.26. The molecule has 1 amide bonds. The predicted molar refractivity (Wildman–Crippen MR) is 135 cm³/mol. The number of aliphatic hydroxyl groups is 1. The number of pyridine rings is 1. The van der Waals surface area contributed by atoms with E-state index in [0.717, 1.165) is 0 Å². The number of aromatic nitrogens is 5. The number of nitrogens with one attached hydrogen (secondary N) is 1. The summed E-state index contributed by atoms with van der Waals surface area (Å²) in [4.78, 5) is 28.9. The Morgan fingerprint density at radius 3 is 2.70 bits per heavy atom. The molecule has 3 aromatic heterocycles. The van der Waals surface area contributed by atoms with Gasteiger partial charge in [0.25, 0.3) is 0 Å². The maximum atomic E-state index is 14.5. The summed E-state index contributed by atoms with van der Waals surface area (Å²) in [7, 11) is 0. The van der Waals surface area contributed by atoms with E-state index >= 15 is 0 Å². The van der Waals surface area contributed by atoms with Crippen LogP contribution in [0.25, 0.3) is 21.8 Å². The zero-order valence-electron chi connectivity index (χ0n) is 19.2. The number of rotatable bonds is 7. The minimum Gasteiger partial charge on any atom is -0.461 e. The molecule has 1 aliphatic heterocycles. The summed E-state index contributed by atoms with van der Waals surface area (Å²) in [6.07, 6.45) is 2.73. The number of halogens is 3. The van der Waals surface area contributed by atoms with Crippen LogP contribution in [0.3, 0.4) is 0 Å². The van der Waals surface area contributed by atoms with Crippen LogP contribution in [0.5, 0.6) is 17.6 Å². The van der Waals surface area contributed by atoms with Crippen molar-refractivity contribution in [3.63, 3.8) is 0 Å². The van der Waals surface area contributed by atoms with E-state index < -0.39 is 5.82 Å². The normalized spacial score (nSPS) is 13.8. The van der Waals surface area contributed by atoms with Gasteiger partial charge in [-0.15, -0.1) is 0 Å². The quantitative estimate of drug-likeness (QED) is 0.264. The second kappa shape index (κ2) is 10.3. The summed E-state index contributed by atoms with van der Waals surface area (Å²) >= 11 is 12.6. The van der Waals surface area contributed by atoms with Gasteiger partial charge >= 0.3 is 6.01 Å². The van der Waals surface area contributed by atoms with E-state index in [1.165, 1.54) is 18.3 Å². The molecule has 4 heterocycles. The first-order valence-electron chi connectivity index (χ1n) is 11.2. The number of fused-ring (bicyclic) bond motifs is 2. The third-order valence-electron chi connectivity index (χ3n) is 5.76. The summed E-state index contributed by atoms with van der Waals surface area (Å²) in [5, 5.41) is 16.6.